The first kappa shape index (κ1) is 15.3. The topological polar surface area (TPSA) is 49.0 Å². The van der Waals surface area contributed by atoms with Crippen molar-refractivity contribution >= 4 is 5.91 Å². The molecule has 2 fully saturated rings. The maximum atomic E-state index is 13.0. The van der Waals surface area contributed by atoms with E-state index < -0.39 is 0 Å². The maximum absolute atomic E-state index is 13.0. The highest BCUT2D eigenvalue weighted by Gasteiger charge is 2.61. The highest BCUT2D eigenvalue weighted by atomic mass is 16.2. The Morgan fingerprint density at radius 1 is 1.45 bits per heavy atom. The van der Waals surface area contributed by atoms with Crippen LogP contribution in [0.3, 0.4) is 0 Å². The van der Waals surface area contributed by atoms with Gasteiger partial charge in [0.05, 0.1) is 5.92 Å². The van der Waals surface area contributed by atoms with Crippen LogP contribution in [0.2, 0.25) is 0 Å². The van der Waals surface area contributed by atoms with E-state index in [1.807, 2.05) is 6.07 Å². The number of rotatable bonds is 3. The van der Waals surface area contributed by atoms with Gasteiger partial charge in [-0.2, -0.15) is 5.10 Å². The average Bonchev–Trinajstić information content (AvgIpc) is 2.87. The summed E-state index contributed by atoms with van der Waals surface area (Å²) in [5.41, 5.74) is 2.57. The van der Waals surface area contributed by atoms with Crippen LogP contribution >= 0.6 is 0 Å². The summed E-state index contributed by atoms with van der Waals surface area (Å²) in [6.07, 6.45) is 6.29. The van der Waals surface area contributed by atoms with E-state index in [4.69, 9.17) is 0 Å². The number of H-pyrrole nitrogens is 1. The normalized spacial score (nSPS) is 30.0. The van der Waals surface area contributed by atoms with Gasteiger partial charge in [0, 0.05) is 30.9 Å². The molecule has 2 heterocycles. The molecule has 2 aliphatic rings. The van der Waals surface area contributed by atoms with Gasteiger partial charge in [0.2, 0.25) is 5.91 Å². The Balaban J connectivity index is 1.69. The van der Waals surface area contributed by atoms with Crippen LogP contribution < -0.4 is 0 Å². The van der Waals surface area contributed by atoms with E-state index in [0.717, 1.165) is 31.6 Å². The molecule has 0 unspecified atom stereocenters. The summed E-state index contributed by atoms with van der Waals surface area (Å²) >= 11 is 0. The smallest absolute Gasteiger partial charge is 0.226 e. The first-order valence-corrected chi connectivity index (χ1v) is 8.34. The number of likely N-dealkylation sites (tertiary alicyclic amines) is 1. The predicted octanol–water partition coefficient (Wildman–Crippen LogP) is 3.35. The van der Waals surface area contributed by atoms with Gasteiger partial charge in [0.15, 0.2) is 0 Å². The van der Waals surface area contributed by atoms with E-state index in [1.165, 1.54) is 5.57 Å². The van der Waals surface area contributed by atoms with Crippen molar-refractivity contribution in [3.8, 4) is 0 Å². The lowest BCUT2D eigenvalue weighted by atomic mass is 9.94. The van der Waals surface area contributed by atoms with Crippen molar-refractivity contribution in [1.29, 1.82) is 0 Å². The van der Waals surface area contributed by atoms with Gasteiger partial charge < -0.3 is 4.90 Å². The molecule has 0 spiro atoms. The van der Waals surface area contributed by atoms with Crippen molar-refractivity contribution in [1.82, 2.24) is 15.1 Å². The fourth-order valence-corrected chi connectivity index (χ4v) is 3.94. The van der Waals surface area contributed by atoms with Crippen LogP contribution in [-0.2, 0) is 4.79 Å². The Morgan fingerprint density at radius 3 is 2.86 bits per heavy atom. The van der Waals surface area contributed by atoms with E-state index in [1.54, 1.807) is 6.20 Å². The second kappa shape index (κ2) is 5.56. The summed E-state index contributed by atoms with van der Waals surface area (Å²) in [4.78, 5) is 15.0. The summed E-state index contributed by atoms with van der Waals surface area (Å²) in [5, 5.41) is 7.11. The number of aromatic nitrogens is 2. The third-order valence-electron chi connectivity index (χ3n) is 5.38. The highest BCUT2D eigenvalue weighted by molar-refractivity contribution is 5.84. The van der Waals surface area contributed by atoms with Crippen LogP contribution in [0.5, 0.6) is 0 Å². The fraction of sp³-hybridized carbons (Fsp3) is 0.667. The zero-order chi connectivity index (χ0) is 15.9. The minimum absolute atomic E-state index is 0.106. The number of hydrogen-bond acceptors (Lipinski definition) is 2. The van der Waals surface area contributed by atoms with Crippen molar-refractivity contribution < 1.29 is 4.79 Å². The molecule has 0 bridgehead atoms. The molecule has 0 aromatic carbocycles. The van der Waals surface area contributed by atoms with Gasteiger partial charge >= 0.3 is 0 Å². The lowest BCUT2D eigenvalue weighted by Crippen LogP contribution is -2.40. The van der Waals surface area contributed by atoms with Gasteiger partial charge in [-0.05, 0) is 44.1 Å². The molecular formula is C18H27N3O. The number of nitrogens with zero attached hydrogens (tertiary/aromatic N) is 2. The number of carbonyl (C=O) groups excluding carboxylic acids is 1. The molecule has 1 aliphatic heterocycles. The molecule has 1 aliphatic carbocycles. The zero-order valence-corrected chi connectivity index (χ0v) is 14.1. The van der Waals surface area contributed by atoms with Crippen molar-refractivity contribution in [2.75, 3.05) is 13.1 Å². The minimum atomic E-state index is 0.106. The minimum Gasteiger partial charge on any atom is -0.342 e. The van der Waals surface area contributed by atoms with Gasteiger partial charge in [-0.15, -0.1) is 0 Å². The van der Waals surface area contributed by atoms with E-state index in [2.05, 4.69) is 48.9 Å². The van der Waals surface area contributed by atoms with Crippen LogP contribution in [-0.4, -0.2) is 34.1 Å². The van der Waals surface area contributed by atoms with Crippen LogP contribution in [0.4, 0.5) is 0 Å². The Morgan fingerprint density at radius 2 is 2.23 bits per heavy atom. The van der Waals surface area contributed by atoms with Crippen LogP contribution in [0.25, 0.3) is 0 Å². The first-order valence-electron chi connectivity index (χ1n) is 8.34. The molecule has 1 saturated heterocycles. The van der Waals surface area contributed by atoms with Gasteiger partial charge in [0.25, 0.3) is 0 Å². The Kier molecular flexibility index (Phi) is 3.87. The number of amides is 1. The number of piperidine rings is 1. The summed E-state index contributed by atoms with van der Waals surface area (Å²) in [6.45, 7) is 10.4. The quantitative estimate of drug-likeness (QED) is 0.870. The Labute approximate surface area is 133 Å². The lowest BCUT2D eigenvalue weighted by molar-refractivity contribution is -0.134. The monoisotopic (exact) mass is 301 g/mol. The van der Waals surface area contributed by atoms with Gasteiger partial charge in [0.1, 0.15) is 0 Å². The van der Waals surface area contributed by atoms with Crippen molar-refractivity contribution in [2.45, 2.75) is 46.5 Å². The third kappa shape index (κ3) is 2.71. The second-order valence-corrected chi connectivity index (χ2v) is 7.70. The van der Waals surface area contributed by atoms with Crippen molar-refractivity contribution in [3.05, 3.63) is 29.6 Å². The van der Waals surface area contributed by atoms with Gasteiger partial charge in [-0.25, -0.2) is 0 Å². The zero-order valence-electron chi connectivity index (χ0n) is 14.1. The number of carbonyl (C=O) groups is 1. The molecule has 120 valence electrons. The summed E-state index contributed by atoms with van der Waals surface area (Å²) in [6, 6.07) is 2.03. The molecule has 4 heteroatoms. The molecule has 3 rings (SSSR count). The van der Waals surface area contributed by atoms with E-state index in [9.17, 15) is 4.79 Å². The predicted molar refractivity (Wildman–Crippen MR) is 87.3 cm³/mol. The molecule has 1 N–H and O–H groups in total. The van der Waals surface area contributed by atoms with Crippen molar-refractivity contribution in [2.24, 2.45) is 17.3 Å². The van der Waals surface area contributed by atoms with E-state index in [0.29, 0.717) is 17.7 Å². The van der Waals surface area contributed by atoms with Crippen LogP contribution in [0.1, 0.15) is 52.1 Å². The fourth-order valence-electron chi connectivity index (χ4n) is 3.94. The summed E-state index contributed by atoms with van der Waals surface area (Å²) in [7, 11) is 0. The molecule has 3 atom stereocenters. The molecule has 1 amide bonds. The Hall–Kier alpha value is -1.58. The van der Waals surface area contributed by atoms with Crippen molar-refractivity contribution in [3.63, 3.8) is 0 Å². The maximum Gasteiger partial charge on any atom is 0.226 e. The molecule has 0 radical (unpaired) electrons. The van der Waals surface area contributed by atoms with Crippen LogP contribution in [0.15, 0.2) is 23.9 Å². The number of allylic oxidation sites excluding steroid dienone is 2. The summed E-state index contributed by atoms with van der Waals surface area (Å²) < 4.78 is 0. The first-order chi connectivity index (χ1) is 10.4. The molecule has 1 saturated carbocycles. The van der Waals surface area contributed by atoms with E-state index >= 15 is 0 Å². The SMILES string of the molecule is CC(C)=C[C@@H]1[C@H](C(=O)N2CCC[C@@H](c3ccn[nH]3)C2)C1(C)C. The molecule has 4 nitrogen and oxygen atoms in total. The summed E-state index contributed by atoms with van der Waals surface area (Å²) in [5.74, 6) is 1.31. The molecule has 1 aromatic heterocycles. The second-order valence-electron chi connectivity index (χ2n) is 7.70. The van der Waals surface area contributed by atoms with Gasteiger partial charge in [-0.1, -0.05) is 25.5 Å². The highest BCUT2D eigenvalue weighted by Crippen LogP contribution is 2.60. The number of aromatic amines is 1. The molecule has 22 heavy (non-hydrogen) atoms. The number of nitrogens with one attached hydrogen (secondary N) is 1. The number of hydrogen-bond donors (Lipinski definition) is 1. The van der Waals surface area contributed by atoms with E-state index in [-0.39, 0.29) is 11.3 Å². The van der Waals surface area contributed by atoms with Gasteiger partial charge in [-0.3, -0.25) is 9.89 Å². The standard InChI is InChI=1S/C18H27N3O/c1-12(2)10-14-16(18(14,3)4)17(22)21-9-5-6-13(11-21)15-7-8-19-20-15/h7-8,10,13-14,16H,5-6,9,11H2,1-4H3,(H,19,20)/t13-,14-,16-/m1/s1. The Bertz CT molecular complexity index is 569. The average molecular weight is 301 g/mol. The third-order valence-corrected chi connectivity index (χ3v) is 5.38. The largest absolute Gasteiger partial charge is 0.342 e. The molecular weight excluding hydrogens is 274 g/mol. The lowest BCUT2D eigenvalue weighted by Gasteiger charge is -2.32. The van der Waals surface area contributed by atoms with Crippen LogP contribution in [0, 0.1) is 17.3 Å². The molecule has 1 aromatic rings.